The van der Waals surface area contributed by atoms with Crippen LogP contribution in [0.25, 0.3) is 11.3 Å². The van der Waals surface area contributed by atoms with Crippen LogP contribution in [-0.4, -0.2) is 17.7 Å². The molecule has 6 heteroatoms. The Bertz CT molecular complexity index is 841. The number of esters is 1. The summed E-state index contributed by atoms with van der Waals surface area (Å²) in [5, 5.41) is 3.83. The lowest BCUT2D eigenvalue weighted by atomic mass is 10.1. The van der Waals surface area contributed by atoms with Crippen LogP contribution < -0.4 is 4.74 Å². The molecule has 0 atom stereocenters. The molecular weight excluding hydrogens is 325 g/mol. The van der Waals surface area contributed by atoms with Gasteiger partial charge in [-0.2, -0.15) is 0 Å². The smallest absolute Gasteiger partial charge is 0.344 e. The molecule has 0 spiro atoms. The van der Waals surface area contributed by atoms with Crippen molar-refractivity contribution in [3.8, 4) is 17.1 Å². The first-order chi connectivity index (χ1) is 12.1. The highest BCUT2D eigenvalue weighted by Gasteiger charge is 2.10. The number of ether oxygens (including phenoxy) is 2. The van der Waals surface area contributed by atoms with Gasteiger partial charge in [-0.3, -0.25) is 0 Å². The second kappa shape index (κ2) is 7.61. The molecule has 0 N–H and O–H groups in total. The molecule has 0 saturated carbocycles. The maximum absolute atomic E-state index is 12.9. The van der Waals surface area contributed by atoms with E-state index in [9.17, 15) is 9.18 Å². The van der Waals surface area contributed by atoms with Gasteiger partial charge in [0, 0.05) is 11.6 Å². The van der Waals surface area contributed by atoms with Crippen LogP contribution in [0, 0.1) is 12.7 Å². The molecule has 1 heterocycles. The van der Waals surface area contributed by atoms with E-state index in [1.165, 1.54) is 12.1 Å². The van der Waals surface area contributed by atoms with Crippen LogP contribution in [0.2, 0.25) is 0 Å². The van der Waals surface area contributed by atoms with E-state index in [1.807, 2.05) is 19.1 Å². The standard InChI is InChI=1S/C19H16FNO4/c1-13-2-8-17(9-3-13)23-12-19(22)24-11-16-10-18(25-21-16)14-4-6-15(20)7-5-14/h2-10H,11-12H2,1H3. The van der Waals surface area contributed by atoms with E-state index >= 15 is 0 Å². The molecule has 3 rings (SSSR count). The molecule has 5 nitrogen and oxygen atoms in total. The largest absolute Gasteiger partial charge is 0.482 e. The van der Waals surface area contributed by atoms with Gasteiger partial charge in [-0.25, -0.2) is 9.18 Å². The minimum Gasteiger partial charge on any atom is -0.482 e. The van der Waals surface area contributed by atoms with Crippen molar-refractivity contribution < 1.29 is 23.2 Å². The number of hydrogen-bond donors (Lipinski definition) is 0. The van der Waals surface area contributed by atoms with Gasteiger partial charge >= 0.3 is 5.97 Å². The zero-order valence-corrected chi connectivity index (χ0v) is 13.6. The van der Waals surface area contributed by atoms with E-state index in [0.29, 0.717) is 22.8 Å². The molecule has 3 aromatic rings. The first-order valence-corrected chi connectivity index (χ1v) is 7.67. The molecule has 0 bridgehead atoms. The number of hydrogen-bond acceptors (Lipinski definition) is 5. The third kappa shape index (κ3) is 4.67. The molecule has 0 fully saturated rings. The van der Waals surface area contributed by atoms with Crippen LogP contribution in [0.4, 0.5) is 4.39 Å². The average Bonchev–Trinajstić information content (AvgIpc) is 3.09. The fourth-order valence-corrected chi connectivity index (χ4v) is 2.10. The van der Waals surface area contributed by atoms with Crippen LogP contribution in [0.15, 0.2) is 59.1 Å². The van der Waals surface area contributed by atoms with Gasteiger partial charge in [0.2, 0.25) is 0 Å². The zero-order chi connectivity index (χ0) is 17.6. The third-order valence-electron chi connectivity index (χ3n) is 3.45. The predicted octanol–water partition coefficient (Wildman–Crippen LogP) is 3.91. The van der Waals surface area contributed by atoms with Crippen molar-refractivity contribution in [3.05, 3.63) is 71.7 Å². The van der Waals surface area contributed by atoms with Gasteiger partial charge < -0.3 is 14.0 Å². The number of aryl methyl sites for hydroxylation is 1. The minimum atomic E-state index is -0.507. The Morgan fingerprint density at radius 3 is 2.56 bits per heavy atom. The maximum atomic E-state index is 12.9. The highest BCUT2D eigenvalue weighted by atomic mass is 19.1. The average molecular weight is 341 g/mol. The van der Waals surface area contributed by atoms with Crippen LogP contribution in [-0.2, 0) is 16.1 Å². The summed E-state index contributed by atoms with van der Waals surface area (Å²) in [6, 6.07) is 14.8. The van der Waals surface area contributed by atoms with E-state index in [4.69, 9.17) is 14.0 Å². The van der Waals surface area contributed by atoms with Crippen molar-refractivity contribution in [1.82, 2.24) is 5.16 Å². The van der Waals surface area contributed by atoms with Crippen molar-refractivity contribution >= 4 is 5.97 Å². The normalized spacial score (nSPS) is 10.5. The topological polar surface area (TPSA) is 61.6 Å². The first kappa shape index (κ1) is 16.7. The highest BCUT2D eigenvalue weighted by Crippen LogP contribution is 2.21. The van der Waals surface area contributed by atoms with Gasteiger partial charge in [0.05, 0.1) is 0 Å². The number of aromatic nitrogens is 1. The van der Waals surface area contributed by atoms with Crippen LogP contribution in [0.1, 0.15) is 11.3 Å². The molecule has 0 aliphatic carbocycles. The van der Waals surface area contributed by atoms with Gasteiger partial charge in [0.1, 0.15) is 23.9 Å². The summed E-state index contributed by atoms with van der Waals surface area (Å²) in [7, 11) is 0. The van der Waals surface area contributed by atoms with E-state index in [-0.39, 0.29) is 19.0 Å². The van der Waals surface area contributed by atoms with Crippen LogP contribution in [0.3, 0.4) is 0 Å². The Hall–Kier alpha value is -3.15. The Balaban J connectivity index is 1.49. The fraction of sp³-hybridized carbons (Fsp3) is 0.158. The van der Waals surface area contributed by atoms with Gasteiger partial charge in [-0.15, -0.1) is 0 Å². The number of carbonyl (C=O) groups is 1. The quantitative estimate of drug-likeness (QED) is 0.636. The maximum Gasteiger partial charge on any atom is 0.344 e. The Morgan fingerprint density at radius 1 is 1.12 bits per heavy atom. The summed E-state index contributed by atoms with van der Waals surface area (Å²) in [4.78, 5) is 11.7. The SMILES string of the molecule is Cc1ccc(OCC(=O)OCc2cc(-c3ccc(F)cc3)on2)cc1. The molecule has 0 aliphatic heterocycles. The highest BCUT2D eigenvalue weighted by molar-refractivity contribution is 5.71. The lowest BCUT2D eigenvalue weighted by Gasteiger charge is -2.06. The van der Waals surface area contributed by atoms with Crippen LogP contribution >= 0.6 is 0 Å². The Kier molecular flexibility index (Phi) is 5.09. The van der Waals surface area contributed by atoms with Crippen LogP contribution in [0.5, 0.6) is 5.75 Å². The molecule has 2 aromatic carbocycles. The fourth-order valence-electron chi connectivity index (χ4n) is 2.10. The Labute approximate surface area is 144 Å². The van der Waals surface area contributed by atoms with Crippen molar-refractivity contribution in [2.45, 2.75) is 13.5 Å². The third-order valence-corrected chi connectivity index (χ3v) is 3.45. The summed E-state index contributed by atoms with van der Waals surface area (Å²) < 4.78 is 28.5. The molecule has 0 saturated heterocycles. The van der Waals surface area contributed by atoms with Crippen molar-refractivity contribution in [1.29, 1.82) is 0 Å². The summed E-state index contributed by atoms with van der Waals surface area (Å²) in [6.45, 7) is 1.75. The van der Waals surface area contributed by atoms with E-state index < -0.39 is 5.97 Å². The van der Waals surface area contributed by atoms with E-state index in [0.717, 1.165) is 5.56 Å². The number of rotatable bonds is 6. The minimum absolute atomic E-state index is 0.0270. The van der Waals surface area contributed by atoms with Crippen molar-refractivity contribution in [2.24, 2.45) is 0 Å². The predicted molar refractivity (Wildman–Crippen MR) is 88.4 cm³/mol. The summed E-state index contributed by atoms with van der Waals surface area (Å²) in [6.07, 6.45) is 0. The molecule has 128 valence electrons. The van der Waals surface area contributed by atoms with Crippen molar-refractivity contribution in [2.75, 3.05) is 6.61 Å². The number of halogens is 1. The molecule has 0 aliphatic rings. The second-order valence-electron chi connectivity index (χ2n) is 5.45. The lowest BCUT2D eigenvalue weighted by molar-refractivity contribution is -0.147. The molecule has 1 aromatic heterocycles. The van der Waals surface area contributed by atoms with Gasteiger partial charge in [0.25, 0.3) is 0 Å². The van der Waals surface area contributed by atoms with Gasteiger partial charge in [-0.05, 0) is 43.3 Å². The van der Waals surface area contributed by atoms with Gasteiger partial charge in [0.15, 0.2) is 12.4 Å². The van der Waals surface area contributed by atoms with Gasteiger partial charge in [-0.1, -0.05) is 22.9 Å². The molecule has 0 unspecified atom stereocenters. The summed E-state index contributed by atoms with van der Waals surface area (Å²) >= 11 is 0. The Morgan fingerprint density at radius 2 is 1.84 bits per heavy atom. The monoisotopic (exact) mass is 341 g/mol. The van der Waals surface area contributed by atoms with E-state index in [2.05, 4.69) is 5.16 Å². The molecule has 0 amide bonds. The first-order valence-electron chi connectivity index (χ1n) is 7.67. The number of carbonyl (C=O) groups excluding carboxylic acids is 1. The summed E-state index contributed by atoms with van der Waals surface area (Å²) in [5.41, 5.74) is 2.26. The lowest BCUT2D eigenvalue weighted by Crippen LogP contribution is -2.14. The number of nitrogens with zero attached hydrogens (tertiary/aromatic N) is 1. The molecular formula is C19H16FNO4. The van der Waals surface area contributed by atoms with E-state index in [1.54, 1.807) is 30.3 Å². The second-order valence-corrected chi connectivity index (χ2v) is 5.45. The number of benzene rings is 2. The molecule has 0 radical (unpaired) electrons. The summed E-state index contributed by atoms with van der Waals surface area (Å²) in [5.74, 6) is 0.238. The molecule has 25 heavy (non-hydrogen) atoms. The zero-order valence-electron chi connectivity index (χ0n) is 13.6. The van der Waals surface area contributed by atoms with Crippen molar-refractivity contribution in [3.63, 3.8) is 0 Å².